The van der Waals surface area contributed by atoms with Crippen molar-refractivity contribution in [3.05, 3.63) is 89.9 Å². The molecule has 0 fully saturated rings. The molecule has 2 aromatic carbocycles. The van der Waals surface area contributed by atoms with Gasteiger partial charge in [0.1, 0.15) is 11.4 Å². The first kappa shape index (κ1) is 20.3. The molecule has 0 aliphatic carbocycles. The van der Waals surface area contributed by atoms with Crippen LogP contribution < -0.4 is 10.1 Å². The summed E-state index contributed by atoms with van der Waals surface area (Å²) >= 11 is 0. The summed E-state index contributed by atoms with van der Waals surface area (Å²) < 4.78 is 7.18. The predicted molar refractivity (Wildman–Crippen MR) is 118 cm³/mol. The lowest BCUT2D eigenvalue weighted by molar-refractivity contribution is 0.0946. The highest BCUT2D eigenvalue weighted by atomic mass is 16.5. The lowest BCUT2D eigenvalue weighted by Gasteiger charge is -2.10. The van der Waals surface area contributed by atoms with E-state index >= 15 is 0 Å². The van der Waals surface area contributed by atoms with Crippen molar-refractivity contribution < 1.29 is 9.53 Å². The first-order valence-corrected chi connectivity index (χ1v) is 10.1. The van der Waals surface area contributed by atoms with Crippen LogP contribution in [0.3, 0.4) is 0 Å². The first-order valence-electron chi connectivity index (χ1n) is 10.1. The molecule has 4 aromatic rings. The predicted octanol–water partition coefficient (Wildman–Crippen LogP) is 3.97. The normalized spacial score (nSPS) is 10.6. The van der Waals surface area contributed by atoms with Gasteiger partial charge in [-0.05, 0) is 55.8 Å². The lowest BCUT2D eigenvalue weighted by atomic mass is 10.1. The monoisotopic (exact) mass is 413 g/mol. The van der Waals surface area contributed by atoms with Crippen LogP contribution >= 0.6 is 0 Å². The van der Waals surface area contributed by atoms with E-state index in [4.69, 9.17) is 4.74 Å². The Bertz CT molecular complexity index is 1150. The van der Waals surface area contributed by atoms with Crippen LogP contribution in [0.2, 0.25) is 0 Å². The van der Waals surface area contributed by atoms with Crippen molar-refractivity contribution in [2.75, 3.05) is 6.61 Å². The Hall–Kier alpha value is -4.00. The number of hydrogen-bond acceptors (Lipinski definition) is 5. The molecular weight excluding hydrogens is 390 g/mol. The Kier molecular flexibility index (Phi) is 6.03. The maximum Gasteiger partial charge on any atom is 0.274 e. The molecule has 0 aliphatic heterocycles. The van der Waals surface area contributed by atoms with E-state index < -0.39 is 0 Å². The Morgan fingerprint density at radius 2 is 1.71 bits per heavy atom. The molecule has 1 amide bonds. The van der Waals surface area contributed by atoms with Crippen LogP contribution in [0.4, 0.5) is 0 Å². The van der Waals surface area contributed by atoms with Crippen molar-refractivity contribution >= 4 is 5.91 Å². The largest absolute Gasteiger partial charge is 0.494 e. The van der Waals surface area contributed by atoms with Gasteiger partial charge in [0.25, 0.3) is 5.91 Å². The number of aryl methyl sites for hydroxylation is 1. The summed E-state index contributed by atoms with van der Waals surface area (Å²) in [7, 11) is 0. The summed E-state index contributed by atoms with van der Waals surface area (Å²) in [6.07, 6.45) is 3.36. The molecule has 0 unspecified atom stereocenters. The molecule has 4 rings (SSSR count). The molecule has 0 atom stereocenters. The molecule has 7 heteroatoms. The van der Waals surface area contributed by atoms with Gasteiger partial charge < -0.3 is 10.1 Å². The van der Waals surface area contributed by atoms with Crippen LogP contribution in [-0.4, -0.2) is 32.5 Å². The van der Waals surface area contributed by atoms with Crippen LogP contribution in [0.1, 0.15) is 28.5 Å². The van der Waals surface area contributed by atoms with Crippen molar-refractivity contribution in [1.82, 2.24) is 25.3 Å². The molecular formula is C24H23N5O2. The van der Waals surface area contributed by atoms with Gasteiger partial charge in [0, 0.05) is 24.5 Å². The number of rotatable bonds is 7. The highest BCUT2D eigenvalue weighted by Crippen LogP contribution is 2.26. The fraction of sp³-hybridized carbons (Fsp3) is 0.167. The maximum absolute atomic E-state index is 13.0. The Balaban J connectivity index is 1.66. The van der Waals surface area contributed by atoms with E-state index in [1.54, 1.807) is 17.1 Å². The number of aromatic nitrogens is 4. The van der Waals surface area contributed by atoms with Crippen molar-refractivity contribution in [3.63, 3.8) is 0 Å². The fourth-order valence-corrected chi connectivity index (χ4v) is 3.21. The van der Waals surface area contributed by atoms with Gasteiger partial charge in [-0.2, -0.15) is 0 Å². The number of benzene rings is 2. The highest BCUT2D eigenvalue weighted by Gasteiger charge is 2.22. The number of amides is 1. The Labute approximate surface area is 180 Å². The van der Waals surface area contributed by atoms with Gasteiger partial charge in [0.05, 0.1) is 12.3 Å². The Morgan fingerprint density at radius 1 is 1.00 bits per heavy atom. The minimum absolute atomic E-state index is 0.257. The van der Waals surface area contributed by atoms with Crippen LogP contribution in [0, 0.1) is 6.92 Å². The molecule has 0 radical (unpaired) electrons. The molecule has 0 spiro atoms. The zero-order chi connectivity index (χ0) is 21.6. The summed E-state index contributed by atoms with van der Waals surface area (Å²) in [6, 6.07) is 19.2. The second kappa shape index (κ2) is 9.21. The van der Waals surface area contributed by atoms with Gasteiger partial charge in [0.2, 0.25) is 0 Å². The van der Waals surface area contributed by atoms with Gasteiger partial charge in [-0.3, -0.25) is 9.78 Å². The molecule has 2 aromatic heterocycles. The van der Waals surface area contributed by atoms with Crippen molar-refractivity contribution in [3.8, 4) is 22.7 Å². The summed E-state index contributed by atoms with van der Waals surface area (Å²) in [5.74, 6) is 0.484. The number of hydrogen-bond donors (Lipinski definition) is 1. The second-order valence-corrected chi connectivity index (χ2v) is 7.03. The quantitative estimate of drug-likeness (QED) is 0.496. The maximum atomic E-state index is 13.0. The molecule has 156 valence electrons. The Morgan fingerprint density at radius 3 is 2.39 bits per heavy atom. The smallest absolute Gasteiger partial charge is 0.274 e. The third kappa shape index (κ3) is 4.61. The van der Waals surface area contributed by atoms with E-state index in [0.717, 1.165) is 22.6 Å². The van der Waals surface area contributed by atoms with E-state index in [1.165, 1.54) is 5.56 Å². The molecule has 0 aliphatic rings. The molecule has 31 heavy (non-hydrogen) atoms. The average molecular weight is 413 g/mol. The fourth-order valence-electron chi connectivity index (χ4n) is 3.21. The standard InChI is InChI=1S/C24H23N5O2/c1-3-31-21-10-8-20(9-11-21)29-23(19-12-14-25-15-13-19)22(27-28-29)24(30)26-16-18-6-4-17(2)5-7-18/h4-15H,3,16H2,1-2H3,(H,26,30). The average Bonchev–Trinajstić information content (AvgIpc) is 3.25. The summed E-state index contributed by atoms with van der Waals surface area (Å²) in [4.78, 5) is 17.1. The molecule has 0 saturated heterocycles. The zero-order valence-electron chi connectivity index (χ0n) is 17.4. The minimum atomic E-state index is -0.287. The number of nitrogens with zero attached hydrogens (tertiary/aromatic N) is 4. The number of carbonyl (C=O) groups excluding carboxylic acids is 1. The topological polar surface area (TPSA) is 81.9 Å². The van der Waals surface area contributed by atoms with Gasteiger partial charge in [-0.1, -0.05) is 35.0 Å². The first-order chi connectivity index (χ1) is 15.2. The minimum Gasteiger partial charge on any atom is -0.494 e. The van der Waals surface area contributed by atoms with Gasteiger partial charge in [-0.15, -0.1) is 5.10 Å². The van der Waals surface area contributed by atoms with Gasteiger partial charge >= 0.3 is 0 Å². The van der Waals surface area contributed by atoms with Crippen molar-refractivity contribution in [2.45, 2.75) is 20.4 Å². The molecule has 2 heterocycles. The number of ether oxygens (including phenoxy) is 1. The summed E-state index contributed by atoms with van der Waals surface area (Å²) in [5, 5.41) is 11.4. The number of nitrogens with one attached hydrogen (secondary N) is 1. The van der Waals surface area contributed by atoms with Crippen LogP contribution in [-0.2, 0) is 6.54 Å². The van der Waals surface area contributed by atoms with Crippen LogP contribution in [0.25, 0.3) is 16.9 Å². The molecule has 0 bridgehead atoms. The van der Waals surface area contributed by atoms with E-state index in [2.05, 4.69) is 20.6 Å². The number of pyridine rings is 1. The summed E-state index contributed by atoms with van der Waals surface area (Å²) in [6.45, 7) is 4.97. The molecule has 1 N–H and O–H groups in total. The van der Waals surface area contributed by atoms with E-state index in [0.29, 0.717) is 18.8 Å². The molecule has 0 saturated carbocycles. The number of carbonyl (C=O) groups is 1. The second-order valence-electron chi connectivity index (χ2n) is 7.03. The van der Waals surface area contributed by atoms with E-state index in [1.807, 2.05) is 74.5 Å². The van der Waals surface area contributed by atoms with Crippen molar-refractivity contribution in [1.29, 1.82) is 0 Å². The summed E-state index contributed by atoms with van der Waals surface area (Å²) in [5.41, 5.74) is 4.63. The third-order valence-electron chi connectivity index (χ3n) is 4.81. The molecule has 7 nitrogen and oxygen atoms in total. The van der Waals surface area contributed by atoms with Crippen LogP contribution in [0.5, 0.6) is 5.75 Å². The highest BCUT2D eigenvalue weighted by molar-refractivity contribution is 5.98. The van der Waals surface area contributed by atoms with E-state index in [-0.39, 0.29) is 11.6 Å². The SMILES string of the molecule is CCOc1ccc(-n2nnc(C(=O)NCc3ccc(C)cc3)c2-c2ccncc2)cc1. The third-order valence-corrected chi connectivity index (χ3v) is 4.81. The van der Waals surface area contributed by atoms with Gasteiger partial charge in [-0.25, -0.2) is 4.68 Å². The van der Waals surface area contributed by atoms with Gasteiger partial charge in [0.15, 0.2) is 5.69 Å². The van der Waals surface area contributed by atoms with Crippen LogP contribution in [0.15, 0.2) is 73.1 Å². The van der Waals surface area contributed by atoms with Crippen molar-refractivity contribution in [2.24, 2.45) is 0 Å². The van der Waals surface area contributed by atoms with E-state index in [9.17, 15) is 4.79 Å². The lowest BCUT2D eigenvalue weighted by Crippen LogP contribution is -2.24. The zero-order valence-corrected chi connectivity index (χ0v) is 17.4.